The number of terminal acetylenes is 1. The summed E-state index contributed by atoms with van der Waals surface area (Å²) in [5.41, 5.74) is -0.645. The average molecular weight is 677 g/mol. The minimum atomic E-state index is -1.03. The van der Waals surface area contributed by atoms with Crippen LogP contribution in [-0.4, -0.2) is 107 Å². The van der Waals surface area contributed by atoms with Gasteiger partial charge in [-0.1, -0.05) is 12.0 Å². The van der Waals surface area contributed by atoms with Gasteiger partial charge < -0.3 is 29.1 Å². The van der Waals surface area contributed by atoms with Gasteiger partial charge in [-0.25, -0.2) is 18.0 Å². The number of benzene rings is 2. The molecule has 0 spiro atoms. The number of carboxylic acid groups (broad SMARTS) is 1. The molecule has 3 aliphatic heterocycles. The summed E-state index contributed by atoms with van der Waals surface area (Å²) in [6, 6.07) is 5.50. The van der Waals surface area contributed by atoms with E-state index >= 15 is 8.78 Å². The first-order valence-electron chi connectivity index (χ1n) is 16.1. The molecule has 0 bridgehead atoms. The Labute approximate surface area is 280 Å². The molecule has 11 nitrogen and oxygen atoms in total. The van der Waals surface area contributed by atoms with Crippen molar-refractivity contribution in [2.45, 2.75) is 43.9 Å². The van der Waals surface area contributed by atoms with Crippen molar-refractivity contribution in [3.05, 3.63) is 47.7 Å². The summed E-state index contributed by atoms with van der Waals surface area (Å²) in [6.45, 7) is 3.66. The standard InChI is InChI=1S/C35H35F3N6O5/c1-4-24-27(37)7-6-21-12-23(49-19-47-3)13-25(28(21)24)30-29(38)31-26(15-39-30)32(44-11-10-42(34(45)46)16-20(44)2)41-33(40-31)48-18-35-8-5-9-43(35)17-22(36)14-35/h1,6-7,12-13,15,20,22H,5,8-11,14,16-19H2,2-3H3,(H,45,46)/t20-,22+,35-/m0/s1. The van der Waals surface area contributed by atoms with E-state index in [1.54, 1.807) is 6.07 Å². The Balaban J connectivity index is 1.38. The quantitative estimate of drug-likeness (QED) is 0.197. The molecule has 5 heterocycles. The summed E-state index contributed by atoms with van der Waals surface area (Å²) in [7, 11) is 1.46. The maximum Gasteiger partial charge on any atom is 0.407 e. The first-order valence-corrected chi connectivity index (χ1v) is 16.1. The molecule has 0 aliphatic carbocycles. The molecule has 14 heteroatoms. The van der Waals surface area contributed by atoms with Crippen LogP contribution in [0.4, 0.5) is 23.8 Å². The molecule has 2 aromatic carbocycles. The van der Waals surface area contributed by atoms with Gasteiger partial charge in [-0.05, 0) is 49.9 Å². The molecular formula is C35H35F3N6O5. The van der Waals surface area contributed by atoms with Crippen LogP contribution in [0.15, 0.2) is 30.5 Å². The molecule has 3 aliphatic rings. The van der Waals surface area contributed by atoms with Crippen molar-refractivity contribution in [3.8, 4) is 35.4 Å². The number of rotatable bonds is 8. The summed E-state index contributed by atoms with van der Waals surface area (Å²) < 4.78 is 63.5. The molecule has 3 saturated heterocycles. The molecule has 7 rings (SSSR count). The Hall–Kier alpha value is -4.87. The number of piperazine rings is 1. The number of aromatic nitrogens is 3. The van der Waals surface area contributed by atoms with E-state index in [0.29, 0.717) is 29.9 Å². The Morgan fingerprint density at radius 2 is 2.00 bits per heavy atom. The smallest absolute Gasteiger partial charge is 0.407 e. The summed E-state index contributed by atoms with van der Waals surface area (Å²) in [4.78, 5) is 30.8. The van der Waals surface area contributed by atoms with Gasteiger partial charge in [0.2, 0.25) is 0 Å². The molecule has 0 saturated carbocycles. The number of hydrogen-bond donors (Lipinski definition) is 1. The largest absolute Gasteiger partial charge is 0.468 e. The van der Waals surface area contributed by atoms with Crippen molar-refractivity contribution < 1.29 is 37.3 Å². The second-order valence-electron chi connectivity index (χ2n) is 12.8. The van der Waals surface area contributed by atoms with Crippen LogP contribution in [0.3, 0.4) is 0 Å². The fourth-order valence-electron chi connectivity index (χ4n) is 7.54. The molecule has 4 aromatic rings. The summed E-state index contributed by atoms with van der Waals surface area (Å²) in [5.74, 6) is 1.55. The van der Waals surface area contributed by atoms with Crippen LogP contribution in [0.25, 0.3) is 32.9 Å². The lowest BCUT2D eigenvalue weighted by molar-refractivity contribution is 0.0512. The highest BCUT2D eigenvalue weighted by atomic mass is 19.1. The topological polar surface area (TPSA) is 113 Å². The molecule has 256 valence electrons. The number of nitrogens with zero attached hydrogens (tertiary/aromatic N) is 6. The minimum Gasteiger partial charge on any atom is -0.468 e. The average Bonchev–Trinajstić information content (AvgIpc) is 3.61. The van der Waals surface area contributed by atoms with E-state index in [0.717, 1.165) is 19.4 Å². The maximum absolute atomic E-state index is 17.0. The number of hydrogen-bond acceptors (Lipinski definition) is 9. The van der Waals surface area contributed by atoms with Crippen LogP contribution in [0.5, 0.6) is 11.8 Å². The third-order valence-electron chi connectivity index (χ3n) is 9.83. The zero-order valence-electron chi connectivity index (χ0n) is 27.1. The highest BCUT2D eigenvalue weighted by Gasteiger charge is 2.49. The number of anilines is 1. The molecule has 0 radical (unpaired) electrons. The van der Waals surface area contributed by atoms with Crippen LogP contribution in [-0.2, 0) is 4.74 Å². The number of fused-ring (bicyclic) bond motifs is 3. The highest BCUT2D eigenvalue weighted by molar-refractivity contribution is 6.03. The molecule has 3 atom stereocenters. The van der Waals surface area contributed by atoms with E-state index < -0.39 is 29.4 Å². The van der Waals surface area contributed by atoms with E-state index in [-0.39, 0.29) is 78.2 Å². The van der Waals surface area contributed by atoms with Gasteiger partial charge in [0, 0.05) is 62.9 Å². The highest BCUT2D eigenvalue weighted by Crippen LogP contribution is 2.42. The van der Waals surface area contributed by atoms with Crippen LogP contribution < -0.4 is 14.4 Å². The summed E-state index contributed by atoms with van der Waals surface area (Å²) in [5, 5.41) is 10.6. The lowest BCUT2D eigenvalue weighted by atomic mass is 9.95. The van der Waals surface area contributed by atoms with E-state index in [1.165, 1.54) is 36.4 Å². The van der Waals surface area contributed by atoms with Crippen molar-refractivity contribution in [1.29, 1.82) is 0 Å². The Bertz CT molecular complexity index is 1990. The van der Waals surface area contributed by atoms with Crippen LogP contribution in [0, 0.1) is 24.0 Å². The molecule has 3 fully saturated rings. The van der Waals surface area contributed by atoms with Gasteiger partial charge in [0.1, 0.15) is 41.4 Å². The van der Waals surface area contributed by atoms with E-state index in [1.807, 2.05) is 11.8 Å². The van der Waals surface area contributed by atoms with Crippen LogP contribution in [0.2, 0.25) is 0 Å². The molecule has 1 amide bonds. The van der Waals surface area contributed by atoms with E-state index in [4.69, 9.17) is 25.6 Å². The summed E-state index contributed by atoms with van der Waals surface area (Å²) in [6.07, 6.45) is 7.18. The van der Waals surface area contributed by atoms with Crippen LogP contribution >= 0.6 is 0 Å². The van der Waals surface area contributed by atoms with Crippen molar-refractivity contribution in [2.24, 2.45) is 0 Å². The number of halogens is 3. The zero-order valence-corrected chi connectivity index (χ0v) is 27.1. The Morgan fingerprint density at radius 1 is 1.16 bits per heavy atom. The first kappa shape index (κ1) is 32.7. The number of methoxy groups -OCH3 is 1. The molecular weight excluding hydrogens is 641 g/mol. The van der Waals surface area contributed by atoms with Gasteiger partial charge in [-0.3, -0.25) is 9.88 Å². The lowest BCUT2D eigenvalue weighted by Crippen LogP contribution is -2.53. The maximum atomic E-state index is 17.0. The number of amides is 1. The fourth-order valence-corrected chi connectivity index (χ4v) is 7.54. The summed E-state index contributed by atoms with van der Waals surface area (Å²) >= 11 is 0. The fraction of sp³-hybridized carbons (Fsp3) is 0.429. The van der Waals surface area contributed by atoms with Gasteiger partial charge in [0.25, 0.3) is 0 Å². The normalized spacial score (nSPS) is 22.4. The van der Waals surface area contributed by atoms with E-state index in [2.05, 4.69) is 20.8 Å². The predicted molar refractivity (Wildman–Crippen MR) is 176 cm³/mol. The number of pyridine rings is 1. The van der Waals surface area contributed by atoms with Gasteiger partial charge >= 0.3 is 12.1 Å². The van der Waals surface area contributed by atoms with Gasteiger partial charge in [0.15, 0.2) is 12.6 Å². The van der Waals surface area contributed by atoms with Crippen molar-refractivity contribution in [3.63, 3.8) is 0 Å². The number of carbonyl (C=O) groups is 1. The van der Waals surface area contributed by atoms with Gasteiger partial charge in [0.05, 0.1) is 16.5 Å². The van der Waals surface area contributed by atoms with Gasteiger partial charge in [-0.15, -0.1) is 6.42 Å². The van der Waals surface area contributed by atoms with Crippen molar-refractivity contribution in [1.82, 2.24) is 24.8 Å². The Morgan fingerprint density at radius 3 is 2.76 bits per heavy atom. The predicted octanol–water partition coefficient (Wildman–Crippen LogP) is 5.23. The third-order valence-corrected chi connectivity index (χ3v) is 9.83. The molecule has 0 unspecified atom stereocenters. The second-order valence-corrected chi connectivity index (χ2v) is 12.8. The first-order chi connectivity index (χ1) is 23.6. The molecule has 2 aromatic heterocycles. The Kier molecular flexibility index (Phi) is 8.58. The second kappa shape index (κ2) is 12.9. The zero-order chi connectivity index (χ0) is 34.4. The molecule has 1 N–H and O–H groups in total. The van der Waals surface area contributed by atoms with Crippen molar-refractivity contribution >= 4 is 33.6 Å². The van der Waals surface area contributed by atoms with Crippen molar-refractivity contribution in [2.75, 3.05) is 58.1 Å². The SMILES string of the molecule is C#Cc1c(F)ccc2cc(OCOC)cc(-c3ncc4c(N5CCN(C(=O)O)C[C@@H]5C)nc(OC[C@@]56CCCN5C[C@H](F)C6)nc4c3F)c12. The number of alkyl halides is 1. The van der Waals surface area contributed by atoms with Crippen LogP contribution in [0.1, 0.15) is 31.7 Å². The molecule has 49 heavy (non-hydrogen) atoms. The van der Waals surface area contributed by atoms with Gasteiger partial charge in [-0.2, -0.15) is 9.97 Å². The number of ether oxygens (including phenoxy) is 3. The van der Waals surface area contributed by atoms with E-state index in [9.17, 15) is 14.3 Å². The lowest BCUT2D eigenvalue weighted by Gasteiger charge is -2.39. The third kappa shape index (κ3) is 5.80. The minimum absolute atomic E-state index is 0.0623. The monoisotopic (exact) mass is 676 g/mol.